The maximum absolute atomic E-state index is 10.3. The lowest BCUT2D eigenvalue weighted by Crippen LogP contribution is -2.02. The zero-order chi connectivity index (χ0) is 9.14. The van der Waals surface area contributed by atoms with Crippen molar-refractivity contribution >= 4 is 33.2 Å². The lowest BCUT2D eigenvalue weighted by molar-refractivity contribution is -0.136. The molecule has 0 aliphatic rings. The van der Waals surface area contributed by atoms with Crippen LogP contribution in [0.3, 0.4) is 0 Å². The Kier molecular flexibility index (Phi) is 3.19. The number of carboxylic acid groups (broad SMARTS) is 1. The summed E-state index contributed by atoms with van der Waals surface area (Å²) in [4.78, 5) is 14.4. The van der Waals surface area contributed by atoms with Crippen molar-refractivity contribution in [2.45, 2.75) is 13.0 Å². The molecule has 0 bridgehead atoms. The van der Waals surface area contributed by atoms with Crippen LogP contribution in [-0.2, 0) is 17.8 Å². The maximum Gasteiger partial charge on any atom is 0.309 e. The average molecular weight is 251 g/mol. The SMILES string of the molecule is NCc1nc(CC(=O)O)c(Br)s1. The second-order valence-electron chi connectivity index (χ2n) is 2.10. The summed E-state index contributed by atoms with van der Waals surface area (Å²) < 4.78 is 0.755. The number of aliphatic carboxylic acids is 1. The minimum atomic E-state index is -0.885. The van der Waals surface area contributed by atoms with Crippen LogP contribution in [0, 0.1) is 0 Å². The number of thiazole rings is 1. The van der Waals surface area contributed by atoms with Crippen molar-refractivity contribution in [2.75, 3.05) is 0 Å². The van der Waals surface area contributed by atoms with Crippen molar-refractivity contribution in [1.29, 1.82) is 0 Å². The molecule has 0 saturated heterocycles. The first-order chi connectivity index (χ1) is 5.63. The first-order valence-corrected chi connectivity index (χ1v) is 4.80. The second kappa shape index (κ2) is 3.97. The predicted octanol–water partition coefficient (Wildman–Crippen LogP) is 0.991. The molecule has 0 amide bonds. The number of halogens is 1. The van der Waals surface area contributed by atoms with E-state index in [0.29, 0.717) is 12.2 Å². The molecule has 0 radical (unpaired) electrons. The summed E-state index contributed by atoms with van der Waals surface area (Å²) in [5, 5.41) is 9.23. The number of carbonyl (C=O) groups is 1. The van der Waals surface area contributed by atoms with E-state index >= 15 is 0 Å². The zero-order valence-corrected chi connectivity index (χ0v) is 8.48. The number of rotatable bonds is 3. The van der Waals surface area contributed by atoms with Gasteiger partial charge in [-0.25, -0.2) is 4.98 Å². The molecule has 0 saturated carbocycles. The molecule has 0 atom stereocenters. The number of aromatic nitrogens is 1. The van der Waals surface area contributed by atoms with E-state index in [1.165, 1.54) is 11.3 Å². The summed E-state index contributed by atoms with van der Waals surface area (Å²) in [6.45, 7) is 0.350. The highest BCUT2D eigenvalue weighted by Crippen LogP contribution is 2.24. The molecule has 6 heteroatoms. The summed E-state index contributed by atoms with van der Waals surface area (Å²) in [6.07, 6.45) is -0.0584. The summed E-state index contributed by atoms with van der Waals surface area (Å²) in [6, 6.07) is 0. The molecule has 0 aliphatic heterocycles. The number of nitrogens with zero attached hydrogens (tertiary/aromatic N) is 1. The molecular formula is C6H7BrN2O2S. The molecule has 0 unspecified atom stereocenters. The summed E-state index contributed by atoms with van der Waals surface area (Å²) >= 11 is 4.60. The summed E-state index contributed by atoms with van der Waals surface area (Å²) in [5.41, 5.74) is 5.89. The predicted molar refractivity (Wildman–Crippen MR) is 49.0 cm³/mol. The summed E-state index contributed by atoms with van der Waals surface area (Å²) in [5.74, 6) is -0.885. The maximum atomic E-state index is 10.3. The Morgan fingerprint density at radius 3 is 2.83 bits per heavy atom. The van der Waals surface area contributed by atoms with Gasteiger partial charge in [0.05, 0.1) is 15.9 Å². The molecule has 1 heterocycles. The standard InChI is InChI=1S/C6H7BrN2O2S/c7-6-3(1-5(10)11)9-4(2-8)12-6/h1-2,8H2,(H,10,11). The number of nitrogens with two attached hydrogens (primary N) is 1. The van der Waals surface area contributed by atoms with E-state index in [0.717, 1.165) is 8.79 Å². The first kappa shape index (κ1) is 9.63. The van der Waals surface area contributed by atoms with E-state index < -0.39 is 5.97 Å². The van der Waals surface area contributed by atoms with Gasteiger partial charge in [0.15, 0.2) is 0 Å². The van der Waals surface area contributed by atoms with Crippen molar-refractivity contribution in [2.24, 2.45) is 5.73 Å². The van der Waals surface area contributed by atoms with Gasteiger partial charge in [-0.2, -0.15) is 0 Å². The van der Waals surface area contributed by atoms with Gasteiger partial charge < -0.3 is 10.8 Å². The molecule has 1 aromatic rings. The van der Waals surface area contributed by atoms with Gasteiger partial charge in [-0.3, -0.25) is 4.79 Å². The third-order valence-corrected chi connectivity index (χ3v) is 3.04. The van der Waals surface area contributed by atoms with Gasteiger partial charge in [0, 0.05) is 6.54 Å². The molecule has 66 valence electrons. The van der Waals surface area contributed by atoms with E-state index in [4.69, 9.17) is 10.8 Å². The molecule has 4 nitrogen and oxygen atoms in total. The minimum absolute atomic E-state index is 0.0584. The van der Waals surface area contributed by atoms with Gasteiger partial charge in [0.2, 0.25) is 0 Å². The van der Waals surface area contributed by atoms with Crippen LogP contribution in [0.2, 0.25) is 0 Å². The molecule has 0 fully saturated rings. The third-order valence-electron chi connectivity index (χ3n) is 1.19. The van der Waals surface area contributed by atoms with Crippen LogP contribution in [0.4, 0.5) is 0 Å². The van der Waals surface area contributed by atoms with Crippen molar-refractivity contribution in [3.63, 3.8) is 0 Å². The van der Waals surface area contributed by atoms with Gasteiger partial charge in [0.25, 0.3) is 0 Å². The van der Waals surface area contributed by atoms with Crippen LogP contribution >= 0.6 is 27.3 Å². The molecular weight excluding hydrogens is 244 g/mol. The first-order valence-electron chi connectivity index (χ1n) is 3.19. The fraction of sp³-hybridized carbons (Fsp3) is 0.333. The topological polar surface area (TPSA) is 76.2 Å². The van der Waals surface area contributed by atoms with Crippen molar-refractivity contribution in [3.05, 3.63) is 14.5 Å². The van der Waals surface area contributed by atoms with Gasteiger partial charge in [-0.05, 0) is 15.9 Å². The van der Waals surface area contributed by atoms with Crippen LogP contribution in [0.1, 0.15) is 10.7 Å². The molecule has 1 aromatic heterocycles. The molecule has 0 aliphatic carbocycles. The Morgan fingerprint density at radius 1 is 1.75 bits per heavy atom. The monoisotopic (exact) mass is 250 g/mol. The Morgan fingerprint density at radius 2 is 2.42 bits per heavy atom. The van der Waals surface area contributed by atoms with Gasteiger partial charge in [-0.1, -0.05) is 0 Å². The Labute approximate surface area is 81.5 Å². The van der Waals surface area contributed by atoms with Crippen LogP contribution < -0.4 is 5.73 Å². The second-order valence-corrected chi connectivity index (χ2v) is 4.50. The largest absolute Gasteiger partial charge is 0.481 e. The smallest absolute Gasteiger partial charge is 0.309 e. The third kappa shape index (κ3) is 2.26. The van der Waals surface area contributed by atoms with Crippen molar-refractivity contribution in [1.82, 2.24) is 4.98 Å². The highest BCUT2D eigenvalue weighted by molar-refractivity contribution is 9.11. The number of hydrogen-bond acceptors (Lipinski definition) is 4. The van der Waals surface area contributed by atoms with Gasteiger partial charge >= 0.3 is 5.97 Å². The van der Waals surface area contributed by atoms with Crippen LogP contribution in [0.15, 0.2) is 3.79 Å². The average Bonchev–Trinajstić information content (AvgIpc) is 2.31. The van der Waals surface area contributed by atoms with E-state index in [-0.39, 0.29) is 6.42 Å². The quantitative estimate of drug-likeness (QED) is 0.839. The highest BCUT2D eigenvalue weighted by Gasteiger charge is 2.10. The minimum Gasteiger partial charge on any atom is -0.481 e. The Balaban J connectivity index is 2.84. The fourth-order valence-corrected chi connectivity index (χ4v) is 2.19. The van der Waals surface area contributed by atoms with Gasteiger partial charge in [0.1, 0.15) is 5.01 Å². The zero-order valence-electron chi connectivity index (χ0n) is 6.08. The Bertz CT molecular complexity index is 300. The van der Waals surface area contributed by atoms with Crippen LogP contribution in [0.5, 0.6) is 0 Å². The van der Waals surface area contributed by atoms with E-state index in [1.807, 2.05) is 0 Å². The summed E-state index contributed by atoms with van der Waals surface area (Å²) in [7, 11) is 0. The lowest BCUT2D eigenvalue weighted by atomic mass is 10.3. The normalized spacial score (nSPS) is 10.2. The fourth-order valence-electron chi connectivity index (χ4n) is 0.719. The number of hydrogen-bond donors (Lipinski definition) is 2. The van der Waals surface area contributed by atoms with E-state index in [1.54, 1.807) is 0 Å². The van der Waals surface area contributed by atoms with Crippen LogP contribution in [-0.4, -0.2) is 16.1 Å². The Hall–Kier alpha value is -0.460. The number of carboxylic acids is 1. The molecule has 3 N–H and O–H groups in total. The van der Waals surface area contributed by atoms with E-state index in [9.17, 15) is 4.79 Å². The molecule has 0 spiro atoms. The van der Waals surface area contributed by atoms with Gasteiger partial charge in [-0.15, -0.1) is 11.3 Å². The van der Waals surface area contributed by atoms with Crippen molar-refractivity contribution in [3.8, 4) is 0 Å². The van der Waals surface area contributed by atoms with Crippen LogP contribution in [0.25, 0.3) is 0 Å². The van der Waals surface area contributed by atoms with Crippen molar-refractivity contribution < 1.29 is 9.90 Å². The molecule has 1 rings (SSSR count). The molecule has 12 heavy (non-hydrogen) atoms. The lowest BCUT2D eigenvalue weighted by Gasteiger charge is -1.89. The highest BCUT2D eigenvalue weighted by atomic mass is 79.9. The van der Waals surface area contributed by atoms with E-state index in [2.05, 4.69) is 20.9 Å². The molecule has 0 aromatic carbocycles.